The molecule has 0 saturated carbocycles. The molecule has 0 atom stereocenters. The predicted molar refractivity (Wildman–Crippen MR) is 93.2 cm³/mol. The lowest BCUT2D eigenvalue weighted by Gasteiger charge is -2.17. The molecule has 0 amide bonds. The van der Waals surface area contributed by atoms with Crippen LogP contribution < -0.4 is 10.9 Å². The first-order valence-electron chi connectivity index (χ1n) is 7.69. The van der Waals surface area contributed by atoms with Gasteiger partial charge in [0.15, 0.2) is 0 Å². The van der Waals surface area contributed by atoms with E-state index in [0.717, 1.165) is 22.4 Å². The van der Waals surface area contributed by atoms with Crippen LogP contribution in [0, 0.1) is 19.7 Å². The Labute approximate surface area is 139 Å². The quantitative estimate of drug-likeness (QED) is 0.794. The molecule has 0 unspecified atom stereocenters. The van der Waals surface area contributed by atoms with Gasteiger partial charge in [-0.05, 0) is 30.5 Å². The number of halogens is 1. The van der Waals surface area contributed by atoms with E-state index in [4.69, 9.17) is 0 Å². The topological polar surface area (TPSA) is 46.9 Å². The van der Waals surface area contributed by atoms with E-state index < -0.39 is 11.4 Å². The molecule has 0 bridgehead atoms. The lowest BCUT2D eigenvalue weighted by molar-refractivity contribution is 0.579. The van der Waals surface area contributed by atoms with Gasteiger partial charge >= 0.3 is 5.56 Å². The summed E-state index contributed by atoms with van der Waals surface area (Å²) >= 11 is 0. The van der Waals surface area contributed by atoms with Crippen molar-refractivity contribution in [1.82, 2.24) is 9.55 Å². The summed E-state index contributed by atoms with van der Waals surface area (Å²) < 4.78 is 15.3. The Hall–Kier alpha value is -2.95. The van der Waals surface area contributed by atoms with Gasteiger partial charge in [0.05, 0.1) is 6.54 Å². The van der Waals surface area contributed by atoms with Crippen LogP contribution in [0.1, 0.15) is 16.7 Å². The van der Waals surface area contributed by atoms with Crippen LogP contribution in [0.15, 0.2) is 59.5 Å². The molecule has 3 rings (SSSR count). The first-order chi connectivity index (χ1) is 11.5. The highest BCUT2D eigenvalue weighted by Crippen LogP contribution is 2.23. The van der Waals surface area contributed by atoms with Gasteiger partial charge in [-0.2, -0.15) is 9.37 Å². The maximum absolute atomic E-state index is 13.7. The molecule has 122 valence electrons. The van der Waals surface area contributed by atoms with Crippen molar-refractivity contribution in [3.05, 3.63) is 87.6 Å². The van der Waals surface area contributed by atoms with Crippen molar-refractivity contribution in [3.63, 3.8) is 0 Å². The molecule has 0 saturated heterocycles. The third-order valence-corrected chi connectivity index (χ3v) is 3.87. The molecule has 5 heteroatoms. The molecule has 1 aromatic heterocycles. The normalized spacial score (nSPS) is 10.6. The maximum Gasteiger partial charge on any atom is 0.310 e. The summed E-state index contributed by atoms with van der Waals surface area (Å²) in [7, 11) is 0. The molecule has 0 spiro atoms. The molecule has 24 heavy (non-hydrogen) atoms. The van der Waals surface area contributed by atoms with Crippen molar-refractivity contribution in [2.24, 2.45) is 0 Å². The number of para-hydroxylation sites is 1. The lowest BCUT2D eigenvalue weighted by Crippen LogP contribution is -2.20. The zero-order chi connectivity index (χ0) is 17.1. The number of aryl methyl sites for hydroxylation is 2. The maximum atomic E-state index is 13.7. The molecule has 0 aliphatic heterocycles. The highest BCUT2D eigenvalue weighted by molar-refractivity contribution is 5.62. The minimum atomic E-state index is -0.868. The van der Waals surface area contributed by atoms with E-state index in [2.05, 4.69) is 10.3 Å². The average molecular weight is 323 g/mol. The van der Waals surface area contributed by atoms with Gasteiger partial charge < -0.3 is 9.88 Å². The Morgan fingerprint density at radius 3 is 2.38 bits per heavy atom. The van der Waals surface area contributed by atoms with Gasteiger partial charge in [0.1, 0.15) is 0 Å². The van der Waals surface area contributed by atoms with E-state index >= 15 is 0 Å². The van der Waals surface area contributed by atoms with Crippen LogP contribution in [-0.4, -0.2) is 9.55 Å². The molecule has 2 aromatic carbocycles. The number of benzene rings is 2. The second-order valence-electron chi connectivity index (χ2n) is 5.72. The summed E-state index contributed by atoms with van der Waals surface area (Å²) in [5, 5.41) is 3.18. The van der Waals surface area contributed by atoms with Crippen molar-refractivity contribution >= 4 is 11.6 Å². The zero-order valence-corrected chi connectivity index (χ0v) is 13.6. The van der Waals surface area contributed by atoms with Crippen LogP contribution in [0.4, 0.5) is 16.0 Å². The van der Waals surface area contributed by atoms with Gasteiger partial charge in [-0.3, -0.25) is 4.79 Å². The zero-order valence-electron chi connectivity index (χ0n) is 13.6. The van der Waals surface area contributed by atoms with Gasteiger partial charge in [0.2, 0.25) is 11.8 Å². The summed E-state index contributed by atoms with van der Waals surface area (Å²) in [4.78, 5) is 15.5. The smallest absolute Gasteiger partial charge is 0.310 e. The Balaban J connectivity index is 2.03. The van der Waals surface area contributed by atoms with Gasteiger partial charge in [-0.15, -0.1) is 0 Å². The van der Waals surface area contributed by atoms with Crippen LogP contribution in [0.2, 0.25) is 0 Å². The minimum Gasteiger partial charge on any atom is -0.325 e. The van der Waals surface area contributed by atoms with E-state index in [1.165, 1.54) is 6.20 Å². The highest BCUT2D eigenvalue weighted by Gasteiger charge is 2.11. The molecule has 0 aliphatic carbocycles. The number of anilines is 2. The Morgan fingerprint density at radius 1 is 1.04 bits per heavy atom. The first kappa shape index (κ1) is 15.9. The molecular weight excluding hydrogens is 305 g/mol. The number of aromatic nitrogens is 2. The van der Waals surface area contributed by atoms with Crippen molar-refractivity contribution in [1.29, 1.82) is 0 Å². The Morgan fingerprint density at radius 2 is 1.71 bits per heavy atom. The number of hydrogen-bond donors (Lipinski definition) is 1. The molecular formula is C19H18FN3O. The molecule has 0 radical (unpaired) electrons. The largest absolute Gasteiger partial charge is 0.325 e. The molecule has 1 N–H and O–H groups in total. The van der Waals surface area contributed by atoms with E-state index in [9.17, 15) is 9.18 Å². The number of nitrogens with zero attached hydrogens (tertiary/aromatic N) is 2. The van der Waals surface area contributed by atoms with Crippen molar-refractivity contribution in [2.75, 3.05) is 5.32 Å². The van der Waals surface area contributed by atoms with E-state index in [1.54, 1.807) is 4.57 Å². The third kappa shape index (κ3) is 3.35. The van der Waals surface area contributed by atoms with E-state index in [1.807, 2.05) is 62.4 Å². The second kappa shape index (κ2) is 6.66. The molecule has 4 nitrogen and oxygen atoms in total. The fourth-order valence-corrected chi connectivity index (χ4v) is 2.59. The van der Waals surface area contributed by atoms with Gasteiger partial charge in [-0.25, -0.2) is 0 Å². The van der Waals surface area contributed by atoms with Gasteiger partial charge in [0, 0.05) is 11.9 Å². The average Bonchev–Trinajstić information content (AvgIpc) is 2.56. The van der Waals surface area contributed by atoms with Crippen LogP contribution in [0.25, 0.3) is 0 Å². The van der Waals surface area contributed by atoms with Crippen LogP contribution in [0.3, 0.4) is 0 Å². The molecule has 0 fully saturated rings. The SMILES string of the molecule is Cc1cccc(C)c1Nc1nc(=O)c(F)cn1Cc1ccccc1. The standard InChI is InChI=1S/C19H18FN3O/c1-13-7-6-8-14(2)17(13)21-19-22-18(24)16(20)12-23(19)11-15-9-4-3-5-10-15/h3-10,12H,11H2,1-2H3,(H,21,22,24). The summed E-state index contributed by atoms with van der Waals surface area (Å²) in [5.41, 5.74) is 3.05. The number of nitrogens with one attached hydrogen (secondary N) is 1. The predicted octanol–water partition coefficient (Wildman–Crippen LogP) is 3.79. The minimum absolute atomic E-state index is 0.322. The summed E-state index contributed by atoms with van der Waals surface area (Å²) in [6.45, 7) is 4.36. The molecule has 3 aromatic rings. The lowest BCUT2D eigenvalue weighted by atomic mass is 10.1. The second-order valence-corrected chi connectivity index (χ2v) is 5.72. The van der Waals surface area contributed by atoms with Crippen LogP contribution in [0.5, 0.6) is 0 Å². The van der Waals surface area contributed by atoms with Crippen molar-refractivity contribution < 1.29 is 4.39 Å². The molecule has 1 heterocycles. The van der Waals surface area contributed by atoms with E-state index in [-0.39, 0.29) is 0 Å². The third-order valence-electron chi connectivity index (χ3n) is 3.87. The fraction of sp³-hybridized carbons (Fsp3) is 0.158. The van der Waals surface area contributed by atoms with Crippen LogP contribution >= 0.6 is 0 Å². The molecule has 0 aliphatic rings. The van der Waals surface area contributed by atoms with E-state index in [0.29, 0.717) is 12.5 Å². The highest BCUT2D eigenvalue weighted by atomic mass is 19.1. The Kier molecular flexibility index (Phi) is 4.42. The van der Waals surface area contributed by atoms with Crippen LogP contribution in [-0.2, 0) is 6.54 Å². The summed E-state index contributed by atoms with van der Waals surface area (Å²) in [6, 6.07) is 15.5. The first-order valence-corrected chi connectivity index (χ1v) is 7.69. The summed E-state index contributed by atoms with van der Waals surface area (Å²) in [5.74, 6) is -0.541. The van der Waals surface area contributed by atoms with Crippen molar-refractivity contribution in [3.8, 4) is 0 Å². The Bertz CT molecular complexity index is 899. The summed E-state index contributed by atoms with van der Waals surface area (Å²) in [6.07, 6.45) is 1.19. The fourth-order valence-electron chi connectivity index (χ4n) is 2.59. The number of hydrogen-bond acceptors (Lipinski definition) is 3. The van der Waals surface area contributed by atoms with Gasteiger partial charge in [0.25, 0.3) is 0 Å². The van der Waals surface area contributed by atoms with Crippen molar-refractivity contribution in [2.45, 2.75) is 20.4 Å². The van der Waals surface area contributed by atoms with Gasteiger partial charge in [-0.1, -0.05) is 48.5 Å². The monoisotopic (exact) mass is 323 g/mol. The number of rotatable bonds is 4.